The molecular weight excluding hydrogens is 658 g/mol. The van der Waals surface area contributed by atoms with Crippen LogP contribution in [0.15, 0.2) is 76.2 Å². The highest BCUT2D eigenvalue weighted by molar-refractivity contribution is 5.79. The lowest BCUT2D eigenvalue weighted by Gasteiger charge is -2.19. The molecule has 4 aromatic rings. The van der Waals surface area contributed by atoms with Crippen molar-refractivity contribution in [3.8, 4) is 23.5 Å². The third-order valence-electron chi connectivity index (χ3n) is 5.59. The maximum absolute atomic E-state index is 13.5. The Hall–Kier alpha value is -5.85. The van der Waals surface area contributed by atoms with Crippen LogP contribution in [0.2, 0.25) is 0 Å². The summed E-state index contributed by atoms with van der Waals surface area (Å²) in [7, 11) is 13.7. The molecule has 4 rings (SSSR count). The lowest BCUT2D eigenvalue weighted by molar-refractivity contribution is -0.179. The average molecular weight is 699 g/mol. The number of benzene rings is 2. The second kappa shape index (κ2) is 21.9. The molecule has 18 heteroatoms. The first-order valence-electron chi connectivity index (χ1n) is 14.4. The number of rotatable bonds is 13. The molecule has 268 valence electrons. The van der Waals surface area contributed by atoms with Crippen LogP contribution in [0, 0.1) is 11.6 Å². The lowest BCUT2D eigenvalue weighted by atomic mass is 10.2. The molecule has 0 aliphatic heterocycles. The van der Waals surface area contributed by atoms with Gasteiger partial charge in [0.25, 0.3) is 0 Å². The number of halogens is 2. The minimum absolute atomic E-state index is 0.0953. The first-order chi connectivity index (χ1) is 24.0. The monoisotopic (exact) mass is 698 g/mol. The largest absolute Gasteiger partial charge is 0.497 e. The van der Waals surface area contributed by atoms with Gasteiger partial charge >= 0.3 is 12.0 Å². The zero-order valence-corrected chi connectivity index (χ0v) is 28.9. The summed E-state index contributed by atoms with van der Waals surface area (Å²) in [6.45, 7) is 0. The quantitative estimate of drug-likeness (QED) is 0.0918. The first-order valence-corrected chi connectivity index (χ1v) is 14.4. The zero-order valence-electron chi connectivity index (χ0n) is 28.9. The number of aliphatic imine (C=N–C) groups is 1. The Balaban J connectivity index is 0.000000289. The highest BCUT2D eigenvalue weighted by atomic mass is 19.1. The zero-order chi connectivity index (χ0) is 36.9. The Bertz CT molecular complexity index is 1660. The summed E-state index contributed by atoms with van der Waals surface area (Å²) < 4.78 is 46.1. The van der Waals surface area contributed by atoms with Gasteiger partial charge in [-0.1, -0.05) is 10.3 Å². The molecule has 0 saturated heterocycles. The van der Waals surface area contributed by atoms with Crippen LogP contribution in [0.1, 0.15) is 11.1 Å². The van der Waals surface area contributed by atoms with Crippen LogP contribution in [0.3, 0.4) is 0 Å². The van der Waals surface area contributed by atoms with Gasteiger partial charge in [-0.3, -0.25) is 4.90 Å². The van der Waals surface area contributed by atoms with E-state index in [1.54, 1.807) is 83.8 Å². The van der Waals surface area contributed by atoms with Gasteiger partial charge in [0.1, 0.15) is 11.5 Å². The minimum atomic E-state index is -0.702. The summed E-state index contributed by atoms with van der Waals surface area (Å²) in [4.78, 5) is 31.9. The molecule has 0 bridgehead atoms. The van der Waals surface area contributed by atoms with E-state index in [-0.39, 0.29) is 30.1 Å². The predicted molar refractivity (Wildman–Crippen MR) is 184 cm³/mol. The van der Waals surface area contributed by atoms with Crippen molar-refractivity contribution in [1.29, 1.82) is 0 Å². The number of nitrogens with two attached hydrogens (primary N) is 1. The summed E-state index contributed by atoms with van der Waals surface area (Å²) in [5.74, 6) is -0.268. The molecule has 0 atom stereocenters. The first kappa shape index (κ1) is 40.3. The maximum Gasteiger partial charge on any atom is 0.347 e. The van der Waals surface area contributed by atoms with Gasteiger partial charge in [-0.15, -0.1) is 0 Å². The Morgan fingerprint density at radius 2 is 1.16 bits per heavy atom. The van der Waals surface area contributed by atoms with Gasteiger partial charge in [0.2, 0.25) is 6.41 Å². The standard InChI is InChI=1S/C15H16FN5O2.C12H11FN4O2.C5H13NO2/c1-21(2)10-18-14-13(16)9-17-15(20-14)23-19-8-11-4-6-12(22-3)7-5-11;1-18-9-4-2-8(3-5-9)6-16-19-12-15-7-10(13)11(14)17-12;1-6(2)5(7-3)8-4/h4-10H,1-3H3;2-7H,1H3,(H2,14,15,17);5H,1-4H3. The molecule has 0 aliphatic carbocycles. The van der Waals surface area contributed by atoms with Crippen LogP contribution < -0.4 is 24.9 Å². The number of nitrogen functional groups attached to an aromatic ring is 1. The molecule has 0 fully saturated rings. The fraction of sp³-hybridized carbons (Fsp3) is 0.281. The molecule has 2 aromatic carbocycles. The maximum atomic E-state index is 13.5. The average Bonchev–Trinajstić information content (AvgIpc) is 3.11. The molecule has 16 nitrogen and oxygen atoms in total. The minimum Gasteiger partial charge on any atom is -0.497 e. The Labute approximate surface area is 288 Å². The lowest BCUT2D eigenvalue weighted by Crippen LogP contribution is -2.30. The van der Waals surface area contributed by atoms with E-state index in [9.17, 15) is 8.78 Å². The van der Waals surface area contributed by atoms with Gasteiger partial charge in [0.05, 0.1) is 45.4 Å². The molecule has 2 N–H and O–H groups in total. The van der Waals surface area contributed by atoms with E-state index >= 15 is 0 Å². The van der Waals surface area contributed by atoms with Crippen molar-refractivity contribution < 1.29 is 37.4 Å². The molecule has 0 spiro atoms. The third-order valence-corrected chi connectivity index (χ3v) is 5.59. The van der Waals surface area contributed by atoms with Gasteiger partial charge < -0.3 is 39.3 Å². The van der Waals surface area contributed by atoms with E-state index in [4.69, 9.17) is 34.4 Å². The molecule has 2 aromatic heterocycles. The fourth-order valence-electron chi connectivity index (χ4n) is 3.22. The van der Waals surface area contributed by atoms with Crippen LogP contribution in [0.5, 0.6) is 23.5 Å². The van der Waals surface area contributed by atoms with Crippen LogP contribution in [0.4, 0.5) is 20.4 Å². The Kier molecular flexibility index (Phi) is 17.7. The Morgan fingerprint density at radius 3 is 1.54 bits per heavy atom. The van der Waals surface area contributed by atoms with Gasteiger partial charge in [-0.25, -0.2) is 13.8 Å². The summed E-state index contributed by atoms with van der Waals surface area (Å²) in [6.07, 6.45) is 6.05. The van der Waals surface area contributed by atoms with E-state index in [2.05, 4.69) is 35.2 Å². The number of oxime groups is 2. The SMILES string of the molecule is COC(OC)N(C)C.COc1ccc(C=NOc2ncc(F)c(N)n2)cc1.COc1ccc(C=NOc2ncc(F)c(N=CN(C)C)n2)cc1. The van der Waals surface area contributed by atoms with Crippen molar-refractivity contribution in [2.75, 3.05) is 62.4 Å². The number of methoxy groups -OCH3 is 4. The van der Waals surface area contributed by atoms with Crippen molar-refractivity contribution >= 4 is 30.4 Å². The van der Waals surface area contributed by atoms with Gasteiger partial charge in [0.15, 0.2) is 23.3 Å². The van der Waals surface area contributed by atoms with Crippen LogP contribution in [-0.4, -0.2) is 112 Å². The third kappa shape index (κ3) is 14.9. The highest BCUT2D eigenvalue weighted by Crippen LogP contribution is 2.16. The summed E-state index contributed by atoms with van der Waals surface area (Å²) in [5, 5.41) is 7.43. The molecule has 0 aliphatic rings. The van der Waals surface area contributed by atoms with Crippen molar-refractivity contribution in [2.45, 2.75) is 6.41 Å². The van der Waals surface area contributed by atoms with E-state index in [1.165, 1.54) is 18.8 Å². The van der Waals surface area contributed by atoms with Crippen molar-refractivity contribution in [2.24, 2.45) is 15.3 Å². The van der Waals surface area contributed by atoms with E-state index in [0.29, 0.717) is 0 Å². The molecule has 0 unspecified atom stereocenters. The van der Waals surface area contributed by atoms with Gasteiger partial charge in [-0.2, -0.15) is 19.9 Å². The smallest absolute Gasteiger partial charge is 0.347 e. The Morgan fingerprint density at radius 1 is 0.700 bits per heavy atom. The van der Waals surface area contributed by atoms with Crippen molar-refractivity contribution in [3.05, 3.63) is 83.7 Å². The molecule has 50 heavy (non-hydrogen) atoms. The number of hydrogen-bond acceptors (Lipinski definition) is 15. The van der Waals surface area contributed by atoms with E-state index < -0.39 is 11.6 Å². The van der Waals surface area contributed by atoms with Crippen LogP contribution in [0.25, 0.3) is 0 Å². The van der Waals surface area contributed by atoms with Crippen LogP contribution in [-0.2, 0) is 9.47 Å². The highest BCUT2D eigenvalue weighted by Gasteiger charge is 2.07. The van der Waals surface area contributed by atoms with Crippen molar-refractivity contribution in [3.63, 3.8) is 0 Å². The van der Waals surface area contributed by atoms with Crippen molar-refractivity contribution in [1.82, 2.24) is 29.7 Å². The number of nitrogens with zero attached hydrogens (tertiary/aromatic N) is 9. The molecule has 0 saturated carbocycles. The number of hydrogen-bond donors (Lipinski definition) is 1. The van der Waals surface area contributed by atoms with Gasteiger partial charge in [0, 0.05) is 28.3 Å². The summed E-state index contributed by atoms with van der Waals surface area (Å²) in [5.41, 5.74) is 6.87. The van der Waals surface area contributed by atoms with Crippen LogP contribution >= 0.6 is 0 Å². The van der Waals surface area contributed by atoms with E-state index in [0.717, 1.165) is 35.0 Å². The second-order valence-electron chi connectivity index (χ2n) is 9.86. The molecule has 2 heterocycles. The fourth-order valence-corrected chi connectivity index (χ4v) is 3.22. The van der Waals surface area contributed by atoms with E-state index in [1.807, 2.05) is 31.1 Å². The topological polar surface area (TPSA) is 177 Å². The number of aromatic nitrogens is 4. The molecule has 0 amide bonds. The molecule has 0 radical (unpaired) electrons. The number of ether oxygens (including phenoxy) is 4. The predicted octanol–water partition coefficient (Wildman–Crippen LogP) is 4.00. The molecular formula is C32H40F2N10O6. The summed E-state index contributed by atoms with van der Waals surface area (Å²) in [6, 6.07) is 14.2. The van der Waals surface area contributed by atoms with Gasteiger partial charge in [-0.05, 0) is 73.8 Å². The second-order valence-corrected chi connectivity index (χ2v) is 9.86. The normalized spacial score (nSPS) is 11.0. The summed E-state index contributed by atoms with van der Waals surface area (Å²) >= 11 is 0. The number of anilines is 1.